The summed E-state index contributed by atoms with van der Waals surface area (Å²) < 4.78 is 5.99. The number of benzene rings is 1. The van der Waals surface area contributed by atoms with Crippen LogP contribution in [0, 0.1) is 6.92 Å². The molecular formula is C20H26N4O. The lowest BCUT2D eigenvalue weighted by Crippen LogP contribution is -2.41. The van der Waals surface area contributed by atoms with E-state index in [9.17, 15) is 0 Å². The molecule has 0 saturated carbocycles. The Labute approximate surface area is 149 Å². The van der Waals surface area contributed by atoms with E-state index in [2.05, 4.69) is 47.1 Å². The molecule has 0 N–H and O–H groups in total. The summed E-state index contributed by atoms with van der Waals surface area (Å²) in [4.78, 5) is 14.1. The molecule has 5 heteroatoms. The van der Waals surface area contributed by atoms with Crippen molar-refractivity contribution in [2.75, 3.05) is 38.7 Å². The lowest BCUT2D eigenvalue weighted by molar-refractivity contribution is 0.0498. The van der Waals surface area contributed by atoms with E-state index >= 15 is 0 Å². The number of rotatable bonds is 3. The summed E-state index contributed by atoms with van der Waals surface area (Å²) in [6, 6.07) is 10.7. The molecular weight excluding hydrogens is 312 g/mol. The van der Waals surface area contributed by atoms with Crippen LogP contribution in [0.25, 0.3) is 0 Å². The van der Waals surface area contributed by atoms with E-state index in [1.807, 2.05) is 19.0 Å². The Kier molecular flexibility index (Phi) is 4.21. The second kappa shape index (κ2) is 6.39. The van der Waals surface area contributed by atoms with Crippen molar-refractivity contribution in [2.45, 2.75) is 31.9 Å². The molecule has 2 aliphatic rings. The number of aromatic nitrogens is 2. The van der Waals surface area contributed by atoms with Crippen LogP contribution < -0.4 is 4.90 Å². The first-order valence-electron chi connectivity index (χ1n) is 8.97. The molecule has 1 aromatic heterocycles. The number of aryl methyl sites for hydroxylation is 1. The number of hydrogen-bond acceptors (Lipinski definition) is 5. The van der Waals surface area contributed by atoms with Crippen LogP contribution in [0.1, 0.15) is 28.9 Å². The van der Waals surface area contributed by atoms with Gasteiger partial charge < -0.3 is 9.64 Å². The van der Waals surface area contributed by atoms with Crippen LogP contribution in [-0.2, 0) is 23.3 Å². The molecule has 5 nitrogen and oxygen atoms in total. The summed E-state index contributed by atoms with van der Waals surface area (Å²) >= 11 is 0. The first kappa shape index (κ1) is 16.5. The molecule has 0 amide bonds. The Morgan fingerprint density at radius 1 is 1.20 bits per heavy atom. The largest absolute Gasteiger partial charge is 0.376 e. The topological polar surface area (TPSA) is 41.5 Å². The summed E-state index contributed by atoms with van der Waals surface area (Å²) in [5.41, 5.74) is 4.82. The third-order valence-electron chi connectivity index (χ3n) is 5.41. The minimum absolute atomic E-state index is 0.000817. The Morgan fingerprint density at radius 3 is 2.76 bits per heavy atom. The minimum Gasteiger partial charge on any atom is -0.376 e. The van der Waals surface area contributed by atoms with E-state index < -0.39 is 0 Å². The van der Waals surface area contributed by atoms with Gasteiger partial charge in [-0.15, -0.1) is 0 Å². The van der Waals surface area contributed by atoms with Crippen molar-refractivity contribution in [3.05, 3.63) is 52.8 Å². The molecule has 3 heterocycles. The van der Waals surface area contributed by atoms with Crippen molar-refractivity contribution in [2.24, 2.45) is 0 Å². The van der Waals surface area contributed by atoms with Crippen LogP contribution in [0.5, 0.6) is 0 Å². The second-order valence-corrected chi connectivity index (χ2v) is 7.55. The van der Waals surface area contributed by atoms with Gasteiger partial charge in [0.1, 0.15) is 0 Å². The van der Waals surface area contributed by atoms with Crippen LogP contribution in [0.15, 0.2) is 30.3 Å². The van der Waals surface area contributed by atoms with Gasteiger partial charge >= 0.3 is 0 Å². The standard InChI is InChI=1S/C20H26N4O/c1-15-17-12-25-14-20(18(17)22-19(21-15)23(2)3)9-10-24(13-20)11-16-7-5-4-6-8-16/h4-8H,9-14H2,1-3H3. The molecule has 1 atom stereocenters. The van der Waals surface area contributed by atoms with E-state index in [-0.39, 0.29) is 5.41 Å². The van der Waals surface area contributed by atoms with Crippen molar-refractivity contribution >= 4 is 5.95 Å². The highest BCUT2D eigenvalue weighted by atomic mass is 16.5. The van der Waals surface area contributed by atoms with E-state index in [4.69, 9.17) is 9.72 Å². The molecule has 1 unspecified atom stereocenters. The van der Waals surface area contributed by atoms with Gasteiger partial charge in [0.15, 0.2) is 0 Å². The van der Waals surface area contributed by atoms with Crippen molar-refractivity contribution < 1.29 is 4.74 Å². The molecule has 0 bridgehead atoms. The molecule has 2 aromatic rings. The van der Waals surface area contributed by atoms with Crippen LogP contribution in [0.4, 0.5) is 5.95 Å². The predicted octanol–water partition coefficient (Wildman–Crippen LogP) is 2.52. The van der Waals surface area contributed by atoms with E-state index in [0.717, 1.165) is 44.3 Å². The zero-order valence-electron chi connectivity index (χ0n) is 15.3. The molecule has 0 radical (unpaired) electrons. The SMILES string of the molecule is Cc1nc(N(C)C)nc2c1COCC21CCN(Cc2ccccc2)C1. The van der Waals surface area contributed by atoms with Gasteiger partial charge in [0.05, 0.1) is 24.3 Å². The monoisotopic (exact) mass is 338 g/mol. The fourth-order valence-electron chi connectivity index (χ4n) is 4.06. The number of likely N-dealkylation sites (tertiary alicyclic amines) is 1. The Bertz CT molecular complexity index is 762. The average Bonchev–Trinajstić information content (AvgIpc) is 3.00. The summed E-state index contributed by atoms with van der Waals surface area (Å²) in [6.07, 6.45) is 1.09. The number of anilines is 1. The highest BCUT2D eigenvalue weighted by molar-refractivity contribution is 5.41. The average molecular weight is 338 g/mol. The summed E-state index contributed by atoms with van der Waals surface area (Å²) in [5, 5.41) is 0. The van der Waals surface area contributed by atoms with Crippen molar-refractivity contribution in [1.82, 2.24) is 14.9 Å². The van der Waals surface area contributed by atoms with Gasteiger partial charge in [-0.05, 0) is 25.5 Å². The zero-order valence-corrected chi connectivity index (χ0v) is 15.3. The lowest BCUT2D eigenvalue weighted by atomic mass is 9.80. The molecule has 2 aliphatic heterocycles. The van der Waals surface area contributed by atoms with Crippen LogP contribution in [-0.4, -0.2) is 48.7 Å². The van der Waals surface area contributed by atoms with Crippen molar-refractivity contribution in [1.29, 1.82) is 0 Å². The van der Waals surface area contributed by atoms with Crippen molar-refractivity contribution in [3.63, 3.8) is 0 Å². The van der Waals surface area contributed by atoms with Gasteiger partial charge in [0, 0.05) is 38.4 Å². The van der Waals surface area contributed by atoms with E-state index in [0.29, 0.717) is 6.61 Å². The molecule has 0 aliphatic carbocycles. The van der Waals surface area contributed by atoms with Gasteiger partial charge in [0.25, 0.3) is 0 Å². The summed E-state index contributed by atoms with van der Waals surface area (Å²) in [5.74, 6) is 0.805. The Morgan fingerprint density at radius 2 is 2.00 bits per heavy atom. The maximum Gasteiger partial charge on any atom is 0.225 e. The number of hydrogen-bond donors (Lipinski definition) is 0. The Balaban J connectivity index is 1.64. The van der Waals surface area contributed by atoms with Crippen LogP contribution >= 0.6 is 0 Å². The molecule has 1 aromatic carbocycles. The highest BCUT2D eigenvalue weighted by Crippen LogP contribution is 2.40. The van der Waals surface area contributed by atoms with Gasteiger partial charge in [-0.3, -0.25) is 4.90 Å². The van der Waals surface area contributed by atoms with Gasteiger partial charge in [0.2, 0.25) is 5.95 Å². The molecule has 25 heavy (non-hydrogen) atoms. The highest BCUT2D eigenvalue weighted by Gasteiger charge is 2.45. The van der Waals surface area contributed by atoms with Crippen LogP contribution in [0.2, 0.25) is 0 Å². The van der Waals surface area contributed by atoms with E-state index in [1.165, 1.54) is 16.8 Å². The first-order valence-corrected chi connectivity index (χ1v) is 8.97. The second-order valence-electron chi connectivity index (χ2n) is 7.55. The maximum absolute atomic E-state index is 5.99. The molecule has 1 fully saturated rings. The quantitative estimate of drug-likeness (QED) is 0.860. The third kappa shape index (κ3) is 3.02. The summed E-state index contributed by atoms with van der Waals surface area (Å²) in [7, 11) is 4.01. The third-order valence-corrected chi connectivity index (χ3v) is 5.41. The summed E-state index contributed by atoms with van der Waals surface area (Å²) in [6.45, 7) is 6.54. The van der Waals surface area contributed by atoms with Gasteiger partial charge in [-0.25, -0.2) is 9.97 Å². The minimum atomic E-state index is 0.000817. The van der Waals surface area contributed by atoms with Crippen LogP contribution in [0.3, 0.4) is 0 Å². The van der Waals surface area contributed by atoms with Crippen molar-refractivity contribution in [3.8, 4) is 0 Å². The predicted molar refractivity (Wildman–Crippen MR) is 98.8 cm³/mol. The molecule has 1 saturated heterocycles. The lowest BCUT2D eigenvalue weighted by Gasteiger charge is -2.35. The maximum atomic E-state index is 5.99. The first-order chi connectivity index (χ1) is 12.1. The zero-order chi connectivity index (χ0) is 17.4. The number of fused-ring (bicyclic) bond motifs is 2. The number of ether oxygens (including phenoxy) is 1. The van der Waals surface area contributed by atoms with Gasteiger partial charge in [-0.2, -0.15) is 0 Å². The molecule has 132 valence electrons. The smallest absolute Gasteiger partial charge is 0.225 e. The fourth-order valence-corrected chi connectivity index (χ4v) is 4.06. The number of nitrogens with zero attached hydrogens (tertiary/aromatic N) is 4. The Hall–Kier alpha value is -1.98. The van der Waals surface area contributed by atoms with Gasteiger partial charge in [-0.1, -0.05) is 30.3 Å². The fraction of sp³-hybridized carbons (Fsp3) is 0.500. The van der Waals surface area contributed by atoms with E-state index in [1.54, 1.807) is 0 Å². The molecule has 1 spiro atoms. The normalized spacial score (nSPS) is 23.0. The molecule has 4 rings (SSSR count).